The molecule has 0 heterocycles. The molecule has 0 bridgehead atoms. The lowest BCUT2D eigenvalue weighted by molar-refractivity contribution is -0.162. The Morgan fingerprint density at radius 1 is 1.38 bits per heavy atom. The van der Waals surface area contributed by atoms with E-state index < -0.39 is 24.5 Å². The molecule has 0 aromatic heterocycles. The van der Waals surface area contributed by atoms with Crippen LogP contribution in [0.15, 0.2) is 29.4 Å². The normalized spacial score (nSPS) is 15.6. The van der Waals surface area contributed by atoms with Gasteiger partial charge in [-0.15, -0.1) is 0 Å². The Bertz CT molecular complexity index is 489. The zero-order valence-corrected chi connectivity index (χ0v) is 11.9. The maximum Gasteiger partial charge on any atom is 0.402 e. The summed E-state index contributed by atoms with van der Waals surface area (Å²) in [7, 11) is 0. The van der Waals surface area contributed by atoms with Crippen LogP contribution in [-0.2, 0) is 0 Å². The fraction of sp³-hybridized carbons (Fsp3) is 0.500. The number of alkyl halides is 3. The molecule has 21 heavy (non-hydrogen) atoms. The van der Waals surface area contributed by atoms with E-state index in [1.54, 1.807) is 18.2 Å². The fourth-order valence-corrected chi connectivity index (χ4v) is 1.83. The number of oxime groups is 1. The first-order chi connectivity index (χ1) is 9.81. The molecule has 118 valence electrons. The molecule has 1 aromatic carbocycles. The lowest BCUT2D eigenvalue weighted by atomic mass is 9.98. The number of rotatable bonds is 6. The summed E-state index contributed by atoms with van der Waals surface area (Å²) in [6, 6.07) is 6.92. The van der Waals surface area contributed by atoms with Crippen LogP contribution in [0.5, 0.6) is 5.75 Å². The van der Waals surface area contributed by atoms with E-state index in [9.17, 15) is 13.2 Å². The maximum atomic E-state index is 12.8. The Kier molecular flexibility index (Phi) is 5.87. The van der Waals surface area contributed by atoms with Crippen LogP contribution in [0, 0.1) is 5.92 Å². The predicted octanol–water partition coefficient (Wildman–Crippen LogP) is 3.50. The molecule has 0 radical (unpaired) electrons. The van der Waals surface area contributed by atoms with Crippen LogP contribution >= 0.6 is 0 Å². The standard InChI is InChI=1S/C14H19F3N2O2/c1-3-9(2)10-6-4-5-7-12(10)21-8-11(13(18)19-20)14(15,16)17/h4-7,9,11,20H,3,8H2,1-2H3,(H2,18,19). The first kappa shape index (κ1) is 17.1. The number of para-hydroxylation sites is 1. The van der Waals surface area contributed by atoms with E-state index in [-0.39, 0.29) is 5.92 Å². The van der Waals surface area contributed by atoms with Crippen molar-refractivity contribution >= 4 is 5.84 Å². The molecule has 3 N–H and O–H groups in total. The lowest BCUT2D eigenvalue weighted by Crippen LogP contribution is -2.40. The van der Waals surface area contributed by atoms with Crippen molar-refractivity contribution in [3.8, 4) is 5.75 Å². The van der Waals surface area contributed by atoms with Crippen molar-refractivity contribution in [1.29, 1.82) is 0 Å². The lowest BCUT2D eigenvalue weighted by Gasteiger charge is -2.21. The van der Waals surface area contributed by atoms with Gasteiger partial charge in [-0.05, 0) is 24.0 Å². The number of ether oxygens (including phenoxy) is 1. The minimum Gasteiger partial charge on any atom is -0.492 e. The molecule has 2 atom stereocenters. The number of benzene rings is 1. The minimum absolute atomic E-state index is 0.161. The van der Waals surface area contributed by atoms with Gasteiger partial charge in [-0.1, -0.05) is 37.2 Å². The minimum atomic E-state index is -4.64. The van der Waals surface area contributed by atoms with Gasteiger partial charge in [0, 0.05) is 0 Å². The van der Waals surface area contributed by atoms with Gasteiger partial charge >= 0.3 is 6.18 Å². The third-order valence-electron chi connectivity index (χ3n) is 3.34. The molecule has 4 nitrogen and oxygen atoms in total. The average Bonchev–Trinajstić information content (AvgIpc) is 2.45. The number of halogens is 3. The van der Waals surface area contributed by atoms with E-state index in [1.165, 1.54) is 0 Å². The van der Waals surface area contributed by atoms with Crippen LogP contribution in [-0.4, -0.2) is 23.8 Å². The van der Waals surface area contributed by atoms with E-state index >= 15 is 0 Å². The highest BCUT2D eigenvalue weighted by Gasteiger charge is 2.43. The molecule has 2 unspecified atom stereocenters. The Morgan fingerprint density at radius 2 is 2.00 bits per heavy atom. The zero-order chi connectivity index (χ0) is 16.0. The van der Waals surface area contributed by atoms with Gasteiger partial charge in [-0.25, -0.2) is 0 Å². The van der Waals surface area contributed by atoms with E-state index in [0.717, 1.165) is 12.0 Å². The van der Waals surface area contributed by atoms with Gasteiger partial charge in [-0.3, -0.25) is 0 Å². The van der Waals surface area contributed by atoms with Crippen LogP contribution in [0.3, 0.4) is 0 Å². The van der Waals surface area contributed by atoms with Crippen LogP contribution in [0.4, 0.5) is 13.2 Å². The third-order valence-corrected chi connectivity index (χ3v) is 3.34. The van der Waals surface area contributed by atoms with E-state index in [0.29, 0.717) is 5.75 Å². The summed E-state index contributed by atoms with van der Waals surface area (Å²) in [5, 5.41) is 10.9. The molecule has 0 saturated carbocycles. The summed E-state index contributed by atoms with van der Waals surface area (Å²) in [5.74, 6) is -2.52. The summed E-state index contributed by atoms with van der Waals surface area (Å²) in [6.45, 7) is 3.22. The summed E-state index contributed by atoms with van der Waals surface area (Å²) >= 11 is 0. The SMILES string of the molecule is CCC(C)c1ccccc1OCC(/C(N)=N/O)C(F)(F)F. The van der Waals surface area contributed by atoms with Crippen LogP contribution in [0.2, 0.25) is 0 Å². The van der Waals surface area contributed by atoms with Crippen molar-refractivity contribution in [2.24, 2.45) is 16.8 Å². The Balaban J connectivity index is 2.91. The summed E-state index contributed by atoms with van der Waals surface area (Å²) < 4.78 is 43.8. The molecule has 0 aliphatic carbocycles. The zero-order valence-electron chi connectivity index (χ0n) is 11.9. The van der Waals surface area contributed by atoms with Crippen molar-refractivity contribution in [1.82, 2.24) is 0 Å². The monoisotopic (exact) mass is 304 g/mol. The first-order valence-corrected chi connectivity index (χ1v) is 6.57. The van der Waals surface area contributed by atoms with E-state index in [2.05, 4.69) is 5.16 Å². The number of hydrogen-bond donors (Lipinski definition) is 2. The molecular weight excluding hydrogens is 285 g/mol. The van der Waals surface area contributed by atoms with E-state index in [4.69, 9.17) is 15.7 Å². The molecule has 0 aliphatic rings. The van der Waals surface area contributed by atoms with Crippen molar-refractivity contribution in [2.75, 3.05) is 6.61 Å². The molecule has 0 fully saturated rings. The highest BCUT2D eigenvalue weighted by atomic mass is 19.4. The largest absolute Gasteiger partial charge is 0.492 e. The molecule has 0 saturated heterocycles. The number of nitrogens with zero attached hydrogens (tertiary/aromatic N) is 1. The maximum absolute atomic E-state index is 12.8. The second-order valence-corrected chi connectivity index (χ2v) is 4.78. The second-order valence-electron chi connectivity index (χ2n) is 4.78. The highest BCUT2D eigenvalue weighted by Crippen LogP contribution is 2.31. The van der Waals surface area contributed by atoms with Gasteiger partial charge in [0.1, 0.15) is 18.3 Å². The van der Waals surface area contributed by atoms with Crippen molar-refractivity contribution in [2.45, 2.75) is 32.4 Å². The summed E-state index contributed by atoms with van der Waals surface area (Å²) in [5.41, 5.74) is 5.93. The molecule has 1 aromatic rings. The Hall–Kier alpha value is -1.92. The molecule has 7 heteroatoms. The first-order valence-electron chi connectivity index (χ1n) is 6.57. The van der Waals surface area contributed by atoms with Gasteiger partial charge in [0.05, 0.1) is 0 Å². The Labute approximate surface area is 121 Å². The quantitative estimate of drug-likeness (QED) is 0.366. The molecule has 0 spiro atoms. The second kappa shape index (κ2) is 7.19. The summed E-state index contributed by atoms with van der Waals surface area (Å²) in [4.78, 5) is 0. The fourth-order valence-electron chi connectivity index (χ4n) is 1.83. The Morgan fingerprint density at radius 3 is 2.52 bits per heavy atom. The van der Waals surface area contributed by atoms with Crippen molar-refractivity contribution < 1.29 is 23.1 Å². The van der Waals surface area contributed by atoms with Crippen LogP contribution in [0.1, 0.15) is 31.7 Å². The van der Waals surface area contributed by atoms with Gasteiger partial charge in [-0.2, -0.15) is 13.2 Å². The van der Waals surface area contributed by atoms with Crippen LogP contribution in [0.25, 0.3) is 0 Å². The predicted molar refractivity (Wildman–Crippen MR) is 73.6 cm³/mol. The summed E-state index contributed by atoms with van der Waals surface area (Å²) in [6.07, 6.45) is -3.80. The van der Waals surface area contributed by atoms with E-state index in [1.807, 2.05) is 19.9 Å². The smallest absolute Gasteiger partial charge is 0.402 e. The van der Waals surface area contributed by atoms with Gasteiger partial charge in [0.2, 0.25) is 0 Å². The van der Waals surface area contributed by atoms with Gasteiger partial charge < -0.3 is 15.7 Å². The molecule has 0 amide bonds. The number of amidine groups is 1. The van der Waals surface area contributed by atoms with Crippen LogP contribution < -0.4 is 10.5 Å². The van der Waals surface area contributed by atoms with Crippen molar-refractivity contribution in [3.05, 3.63) is 29.8 Å². The molecule has 1 rings (SSSR count). The van der Waals surface area contributed by atoms with Crippen molar-refractivity contribution in [3.63, 3.8) is 0 Å². The van der Waals surface area contributed by atoms with Gasteiger partial charge in [0.15, 0.2) is 5.84 Å². The average molecular weight is 304 g/mol. The molecular formula is C14H19F3N2O2. The third kappa shape index (κ3) is 4.54. The number of nitrogens with two attached hydrogens (primary N) is 1. The molecule has 0 aliphatic heterocycles. The number of hydrogen-bond acceptors (Lipinski definition) is 3. The topological polar surface area (TPSA) is 67.8 Å². The van der Waals surface area contributed by atoms with Gasteiger partial charge in [0.25, 0.3) is 0 Å². The highest BCUT2D eigenvalue weighted by molar-refractivity contribution is 5.83.